The standard InChI is InChI=1S/C14H22N2/c1-10-5-4-6-13(12(10)3)8-16-7-11(2)14(15)9-16/h4-6,11,14H,7-9,15H2,1-3H3. The van der Waals surface area contributed by atoms with Crippen LogP contribution in [-0.4, -0.2) is 24.0 Å². The third-order valence-corrected chi connectivity index (χ3v) is 3.86. The van der Waals surface area contributed by atoms with Gasteiger partial charge in [-0.15, -0.1) is 0 Å². The Hall–Kier alpha value is -0.860. The van der Waals surface area contributed by atoms with Crippen molar-refractivity contribution in [3.05, 3.63) is 34.9 Å². The minimum absolute atomic E-state index is 0.352. The van der Waals surface area contributed by atoms with Gasteiger partial charge in [0.15, 0.2) is 0 Å². The minimum Gasteiger partial charge on any atom is -0.326 e. The summed E-state index contributed by atoms with van der Waals surface area (Å²) < 4.78 is 0. The third-order valence-electron chi connectivity index (χ3n) is 3.86. The summed E-state index contributed by atoms with van der Waals surface area (Å²) in [7, 11) is 0. The Labute approximate surface area is 98.4 Å². The Kier molecular flexibility index (Phi) is 3.31. The number of rotatable bonds is 2. The molecule has 1 aromatic carbocycles. The van der Waals surface area contributed by atoms with Crippen LogP contribution in [-0.2, 0) is 6.54 Å². The van der Waals surface area contributed by atoms with E-state index in [4.69, 9.17) is 5.73 Å². The SMILES string of the molecule is Cc1cccc(CN2CC(C)C(N)C2)c1C. The molecule has 0 amide bonds. The topological polar surface area (TPSA) is 29.3 Å². The first-order valence-electron chi connectivity index (χ1n) is 6.11. The molecule has 16 heavy (non-hydrogen) atoms. The van der Waals surface area contributed by atoms with Crippen LogP contribution >= 0.6 is 0 Å². The van der Waals surface area contributed by atoms with E-state index in [-0.39, 0.29) is 0 Å². The fourth-order valence-corrected chi connectivity index (χ4v) is 2.45. The van der Waals surface area contributed by atoms with Gasteiger partial charge >= 0.3 is 0 Å². The van der Waals surface area contributed by atoms with Crippen LogP contribution in [0.2, 0.25) is 0 Å². The number of hydrogen-bond acceptors (Lipinski definition) is 2. The van der Waals surface area contributed by atoms with Gasteiger partial charge in [0.1, 0.15) is 0 Å². The van der Waals surface area contributed by atoms with Gasteiger partial charge in [0, 0.05) is 25.7 Å². The van der Waals surface area contributed by atoms with Crippen LogP contribution in [0.3, 0.4) is 0 Å². The van der Waals surface area contributed by atoms with E-state index < -0.39 is 0 Å². The van der Waals surface area contributed by atoms with Gasteiger partial charge in [-0.05, 0) is 36.5 Å². The molecular weight excluding hydrogens is 196 g/mol. The van der Waals surface area contributed by atoms with Crippen LogP contribution in [0.15, 0.2) is 18.2 Å². The Bertz CT molecular complexity index is 363. The first kappa shape index (κ1) is 11.6. The summed E-state index contributed by atoms with van der Waals surface area (Å²) >= 11 is 0. The van der Waals surface area contributed by atoms with Crippen molar-refractivity contribution >= 4 is 0 Å². The van der Waals surface area contributed by atoms with Crippen LogP contribution in [0.25, 0.3) is 0 Å². The molecule has 0 bridgehead atoms. The van der Waals surface area contributed by atoms with E-state index in [9.17, 15) is 0 Å². The summed E-state index contributed by atoms with van der Waals surface area (Å²) in [5.41, 5.74) is 10.3. The van der Waals surface area contributed by atoms with Crippen molar-refractivity contribution in [3.8, 4) is 0 Å². The largest absolute Gasteiger partial charge is 0.326 e. The van der Waals surface area contributed by atoms with E-state index in [0.29, 0.717) is 12.0 Å². The van der Waals surface area contributed by atoms with Crippen LogP contribution in [0.1, 0.15) is 23.6 Å². The van der Waals surface area contributed by atoms with Crippen molar-refractivity contribution in [2.24, 2.45) is 11.7 Å². The molecule has 2 heteroatoms. The predicted octanol–water partition coefficient (Wildman–Crippen LogP) is 2.08. The molecule has 1 saturated heterocycles. The van der Waals surface area contributed by atoms with Gasteiger partial charge < -0.3 is 5.73 Å². The van der Waals surface area contributed by atoms with Gasteiger partial charge in [-0.3, -0.25) is 4.90 Å². The van der Waals surface area contributed by atoms with Crippen molar-refractivity contribution in [1.29, 1.82) is 0 Å². The summed E-state index contributed by atoms with van der Waals surface area (Å²) in [5, 5.41) is 0. The quantitative estimate of drug-likeness (QED) is 0.823. The maximum Gasteiger partial charge on any atom is 0.0237 e. The van der Waals surface area contributed by atoms with Crippen LogP contribution in [0.4, 0.5) is 0 Å². The molecule has 0 aromatic heterocycles. The second kappa shape index (κ2) is 4.56. The molecule has 2 rings (SSSR count). The highest BCUT2D eigenvalue weighted by Crippen LogP contribution is 2.20. The summed E-state index contributed by atoms with van der Waals surface area (Å²) in [4.78, 5) is 2.47. The smallest absolute Gasteiger partial charge is 0.0237 e. The van der Waals surface area contributed by atoms with Crippen LogP contribution in [0.5, 0.6) is 0 Å². The van der Waals surface area contributed by atoms with E-state index in [1.807, 2.05) is 0 Å². The molecule has 2 unspecified atom stereocenters. The van der Waals surface area contributed by atoms with E-state index in [1.54, 1.807) is 0 Å². The van der Waals surface area contributed by atoms with Crippen molar-refractivity contribution in [2.75, 3.05) is 13.1 Å². The van der Waals surface area contributed by atoms with Crippen molar-refractivity contribution in [1.82, 2.24) is 4.90 Å². The molecule has 1 aliphatic heterocycles. The fraction of sp³-hybridized carbons (Fsp3) is 0.571. The van der Waals surface area contributed by atoms with Gasteiger partial charge in [0.2, 0.25) is 0 Å². The third kappa shape index (κ3) is 2.28. The lowest BCUT2D eigenvalue weighted by molar-refractivity contribution is 0.318. The van der Waals surface area contributed by atoms with Gasteiger partial charge in [0.25, 0.3) is 0 Å². The van der Waals surface area contributed by atoms with Gasteiger partial charge in [-0.2, -0.15) is 0 Å². The van der Waals surface area contributed by atoms with Gasteiger partial charge in [0.05, 0.1) is 0 Å². The van der Waals surface area contributed by atoms with Crippen LogP contribution in [0, 0.1) is 19.8 Å². The molecule has 1 fully saturated rings. The maximum absolute atomic E-state index is 6.05. The Balaban J connectivity index is 2.08. The molecular formula is C14H22N2. The fourth-order valence-electron chi connectivity index (χ4n) is 2.45. The second-order valence-corrected chi connectivity index (χ2v) is 5.19. The molecule has 1 aliphatic rings. The monoisotopic (exact) mass is 218 g/mol. The molecule has 2 nitrogen and oxygen atoms in total. The summed E-state index contributed by atoms with van der Waals surface area (Å²) in [5.74, 6) is 0.630. The van der Waals surface area contributed by atoms with E-state index in [2.05, 4.69) is 43.9 Å². The van der Waals surface area contributed by atoms with Crippen molar-refractivity contribution in [3.63, 3.8) is 0 Å². The van der Waals surface area contributed by atoms with E-state index >= 15 is 0 Å². The Morgan fingerprint density at radius 3 is 2.69 bits per heavy atom. The summed E-state index contributed by atoms with van der Waals surface area (Å²) in [6.45, 7) is 9.85. The van der Waals surface area contributed by atoms with Crippen LogP contribution < -0.4 is 5.73 Å². The molecule has 2 N–H and O–H groups in total. The summed E-state index contributed by atoms with van der Waals surface area (Å²) in [6.07, 6.45) is 0. The number of nitrogens with zero attached hydrogens (tertiary/aromatic N) is 1. The molecule has 2 atom stereocenters. The highest BCUT2D eigenvalue weighted by atomic mass is 15.2. The van der Waals surface area contributed by atoms with E-state index in [0.717, 1.165) is 19.6 Å². The lowest BCUT2D eigenvalue weighted by atomic mass is 10.0. The van der Waals surface area contributed by atoms with Crippen molar-refractivity contribution < 1.29 is 0 Å². The zero-order valence-electron chi connectivity index (χ0n) is 10.5. The molecule has 1 heterocycles. The molecule has 1 aromatic rings. The Morgan fingerprint density at radius 2 is 2.06 bits per heavy atom. The first-order valence-corrected chi connectivity index (χ1v) is 6.11. The molecule has 0 radical (unpaired) electrons. The number of hydrogen-bond donors (Lipinski definition) is 1. The number of nitrogens with two attached hydrogens (primary N) is 1. The molecule has 0 aliphatic carbocycles. The average Bonchev–Trinajstić information content (AvgIpc) is 2.54. The predicted molar refractivity (Wildman–Crippen MR) is 68.3 cm³/mol. The number of aryl methyl sites for hydroxylation is 1. The molecule has 0 spiro atoms. The maximum atomic E-state index is 6.05. The Morgan fingerprint density at radius 1 is 1.31 bits per heavy atom. The zero-order valence-corrected chi connectivity index (χ0v) is 10.5. The average molecular weight is 218 g/mol. The highest BCUT2D eigenvalue weighted by Gasteiger charge is 2.26. The highest BCUT2D eigenvalue weighted by molar-refractivity contribution is 5.33. The number of likely N-dealkylation sites (tertiary alicyclic amines) is 1. The van der Waals surface area contributed by atoms with Gasteiger partial charge in [-0.25, -0.2) is 0 Å². The molecule has 88 valence electrons. The normalized spacial score (nSPS) is 26.2. The lowest BCUT2D eigenvalue weighted by Crippen LogP contribution is -2.28. The minimum atomic E-state index is 0.352. The molecule has 0 saturated carbocycles. The summed E-state index contributed by atoms with van der Waals surface area (Å²) in [6, 6.07) is 6.91. The van der Waals surface area contributed by atoms with Gasteiger partial charge in [-0.1, -0.05) is 25.1 Å². The second-order valence-electron chi connectivity index (χ2n) is 5.19. The zero-order chi connectivity index (χ0) is 11.7. The number of benzene rings is 1. The lowest BCUT2D eigenvalue weighted by Gasteiger charge is -2.17. The van der Waals surface area contributed by atoms with Crippen molar-refractivity contribution in [2.45, 2.75) is 33.4 Å². The van der Waals surface area contributed by atoms with E-state index in [1.165, 1.54) is 16.7 Å². The first-order chi connectivity index (χ1) is 7.58.